The number of aliphatic hydroxyl groups excluding tert-OH is 1. The molecule has 6 nitrogen and oxygen atoms in total. The summed E-state index contributed by atoms with van der Waals surface area (Å²) in [4.78, 5) is 13.8. The van der Waals surface area contributed by atoms with E-state index < -0.39 is 6.10 Å². The molecule has 21 heavy (non-hydrogen) atoms. The van der Waals surface area contributed by atoms with Gasteiger partial charge >= 0.3 is 0 Å². The molecule has 0 saturated carbocycles. The van der Waals surface area contributed by atoms with Gasteiger partial charge in [0.1, 0.15) is 5.76 Å². The number of aryl methyl sites for hydroxylation is 1. The van der Waals surface area contributed by atoms with Gasteiger partial charge in [-0.3, -0.25) is 4.79 Å². The summed E-state index contributed by atoms with van der Waals surface area (Å²) in [5.41, 5.74) is 2.01. The molecule has 6 heteroatoms. The number of anilines is 1. The first-order valence-electron chi connectivity index (χ1n) is 6.64. The number of nitrogens with one attached hydrogen (secondary N) is 1. The maximum Gasteiger partial charge on any atom is 0.273 e. The average Bonchev–Trinajstić information content (AvgIpc) is 2.91. The average molecular weight is 289 g/mol. The third-order valence-electron chi connectivity index (χ3n) is 3.11. The Kier molecular flexibility index (Phi) is 4.59. The van der Waals surface area contributed by atoms with Crippen LogP contribution >= 0.6 is 0 Å². The van der Waals surface area contributed by atoms with Gasteiger partial charge in [-0.1, -0.05) is 17.3 Å². The van der Waals surface area contributed by atoms with E-state index in [1.807, 2.05) is 43.3 Å². The van der Waals surface area contributed by atoms with Crippen LogP contribution in [0.1, 0.15) is 27.9 Å². The van der Waals surface area contributed by atoms with Gasteiger partial charge in [-0.05, 0) is 24.6 Å². The van der Waals surface area contributed by atoms with E-state index in [2.05, 4.69) is 10.5 Å². The zero-order valence-electron chi connectivity index (χ0n) is 12.3. The molecule has 0 fully saturated rings. The van der Waals surface area contributed by atoms with Gasteiger partial charge in [0.05, 0.1) is 6.10 Å². The van der Waals surface area contributed by atoms with Gasteiger partial charge in [0.25, 0.3) is 5.91 Å². The third-order valence-corrected chi connectivity index (χ3v) is 3.11. The van der Waals surface area contributed by atoms with Crippen molar-refractivity contribution in [3.05, 3.63) is 47.3 Å². The van der Waals surface area contributed by atoms with Crippen molar-refractivity contribution in [1.82, 2.24) is 10.5 Å². The molecule has 0 radical (unpaired) electrons. The molecule has 1 heterocycles. The smallest absolute Gasteiger partial charge is 0.273 e. The lowest BCUT2D eigenvalue weighted by atomic mass is 10.1. The van der Waals surface area contributed by atoms with Gasteiger partial charge in [-0.2, -0.15) is 0 Å². The molecule has 0 aliphatic heterocycles. The predicted molar refractivity (Wildman–Crippen MR) is 79.3 cm³/mol. The van der Waals surface area contributed by atoms with Crippen LogP contribution < -0.4 is 10.2 Å². The Hall–Kier alpha value is -2.34. The van der Waals surface area contributed by atoms with Gasteiger partial charge in [-0.15, -0.1) is 0 Å². The zero-order chi connectivity index (χ0) is 15.4. The first-order valence-corrected chi connectivity index (χ1v) is 6.64. The van der Waals surface area contributed by atoms with E-state index >= 15 is 0 Å². The van der Waals surface area contributed by atoms with Crippen molar-refractivity contribution in [3.8, 4) is 0 Å². The maximum atomic E-state index is 11.8. The van der Waals surface area contributed by atoms with Crippen molar-refractivity contribution < 1.29 is 14.4 Å². The number of amides is 1. The Labute approximate surface area is 123 Å². The van der Waals surface area contributed by atoms with Gasteiger partial charge < -0.3 is 19.8 Å². The molecule has 2 rings (SSSR count). The molecule has 112 valence electrons. The summed E-state index contributed by atoms with van der Waals surface area (Å²) in [5.74, 6) is 0.204. The van der Waals surface area contributed by atoms with E-state index in [-0.39, 0.29) is 18.1 Å². The van der Waals surface area contributed by atoms with Crippen LogP contribution in [0.4, 0.5) is 5.69 Å². The first-order chi connectivity index (χ1) is 9.97. The van der Waals surface area contributed by atoms with Crippen molar-refractivity contribution in [1.29, 1.82) is 0 Å². The van der Waals surface area contributed by atoms with Crippen molar-refractivity contribution in [2.24, 2.45) is 0 Å². The van der Waals surface area contributed by atoms with Crippen LogP contribution in [0, 0.1) is 6.92 Å². The van der Waals surface area contributed by atoms with Crippen LogP contribution in [0.15, 0.2) is 34.9 Å². The highest BCUT2D eigenvalue weighted by atomic mass is 16.5. The third kappa shape index (κ3) is 3.82. The summed E-state index contributed by atoms with van der Waals surface area (Å²) in [6.45, 7) is 1.83. The summed E-state index contributed by atoms with van der Waals surface area (Å²) < 4.78 is 4.83. The van der Waals surface area contributed by atoms with E-state index in [9.17, 15) is 9.90 Å². The predicted octanol–water partition coefficient (Wildman–Crippen LogP) is 1.51. The molecule has 0 bridgehead atoms. The molecular weight excluding hydrogens is 270 g/mol. The van der Waals surface area contributed by atoms with Crippen LogP contribution in [0.3, 0.4) is 0 Å². The Morgan fingerprint density at radius 1 is 1.38 bits per heavy atom. The number of nitrogens with zero attached hydrogens (tertiary/aromatic N) is 2. The van der Waals surface area contributed by atoms with Crippen LogP contribution in [0.25, 0.3) is 0 Å². The van der Waals surface area contributed by atoms with Crippen LogP contribution in [-0.2, 0) is 0 Å². The number of carbonyl (C=O) groups excluding carboxylic acids is 1. The zero-order valence-corrected chi connectivity index (χ0v) is 12.3. The Balaban J connectivity index is 1.92. The normalized spacial score (nSPS) is 12.0. The number of hydrogen-bond acceptors (Lipinski definition) is 5. The molecule has 1 aromatic carbocycles. The fraction of sp³-hybridized carbons (Fsp3) is 0.333. The largest absolute Gasteiger partial charge is 0.387 e. The van der Waals surface area contributed by atoms with Crippen molar-refractivity contribution in [2.45, 2.75) is 13.0 Å². The highest BCUT2D eigenvalue weighted by molar-refractivity contribution is 5.92. The second-order valence-corrected chi connectivity index (χ2v) is 5.03. The van der Waals surface area contributed by atoms with Crippen molar-refractivity contribution >= 4 is 11.6 Å². The minimum absolute atomic E-state index is 0.117. The Morgan fingerprint density at radius 2 is 2.05 bits per heavy atom. The quantitative estimate of drug-likeness (QED) is 0.872. The fourth-order valence-electron chi connectivity index (χ4n) is 1.87. The van der Waals surface area contributed by atoms with E-state index in [1.54, 1.807) is 13.0 Å². The van der Waals surface area contributed by atoms with E-state index in [1.165, 1.54) is 0 Å². The lowest BCUT2D eigenvalue weighted by Gasteiger charge is -2.15. The van der Waals surface area contributed by atoms with E-state index in [0.29, 0.717) is 5.76 Å². The second kappa shape index (κ2) is 6.41. The van der Waals surface area contributed by atoms with E-state index in [0.717, 1.165) is 11.3 Å². The highest BCUT2D eigenvalue weighted by Gasteiger charge is 2.13. The Bertz CT molecular complexity index is 605. The number of aliphatic hydroxyl groups is 1. The topological polar surface area (TPSA) is 78.6 Å². The number of hydrogen-bond donors (Lipinski definition) is 2. The maximum absolute atomic E-state index is 11.8. The highest BCUT2D eigenvalue weighted by Crippen LogP contribution is 2.17. The van der Waals surface area contributed by atoms with Crippen molar-refractivity contribution in [3.63, 3.8) is 0 Å². The molecule has 2 N–H and O–H groups in total. The molecule has 1 atom stereocenters. The lowest BCUT2D eigenvalue weighted by molar-refractivity contribution is 0.0907. The minimum Gasteiger partial charge on any atom is -0.387 e. The number of rotatable bonds is 5. The summed E-state index contributed by atoms with van der Waals surface area (Å²) in [7, 11) is 3.90. The van der Waals surface area contributed by atoms with Gasteiger partial charge in [0, 0.05) is 32.4 Å². The number of benzene rings is 1. The summed E-state index contributed by atoms with van der Waals surface area (Å²) in [6.07, 6.45) is -0.766. The monoisotopic (exact) mass is 289 g/mol. The summed E-state index contributed by atoms with van der Waals surface area (Å²) >= 11 is 0. The first kappa shape index (κ1) is 15.1. The Morgan fingerprint density at radius 3 is 2.57 bits per heavy atom. The van der Waals surface area contributed by atoms with Crippen LogP contribution in [0.2, 0.25) is 0 Å². The van der Waals surface area contributed by atoms with Gasteiger partial charge in [0.2, 0.25) is 0 Å². The molecular formula is C15H19N3O3. The molecule has 0 spiro atoms. The van der Waals surface area contributed by atoms with Gasteiger partial charge in [0.15, 0.2) is 5.69 Å². The summed E-state index contributed by atoms with van der Waals surface area (Å²) in [6, 6.07) is 9.06. The standard InChI is InChI=1S/C15H19N3O3/c1-10-8-13(17-21-10)15(20)16-9-14(19)11-4-6-12(7-5-11)18(2)3/h4-8,14,19H,9H2,1-3H3,(H,16,20)/t14-/m0/s1. The van der Waals surface area contributed by atoms with Crippen LogP contribution in [0.5, 0.6) is 0 Å². The van der Waals surface area contributed by atoms with E-state index in [4.69, 9.17) is 4.52 Å². The molecule has 1 aromatic heterocycles. The fourth-order valence-corrected chi connectivity index (χ4v) is 1.87. The van der Waals surface area contributed by atoms with Crippen LogP contribution in [-0.4, -0.2) is 36.8 Å². The van der Waals surface area contributed by atoms with Crippen molar-refractivity contribution in [2.75, 3.05) is 25.5 Å². The number of aromatic nitrogens is 1. The molecule has 0 aliphatic rings. The minimum atomic E-state index is -0.766. The SMILES string of the molecule is Cc1cc(C(=O)NC[C@H](O)c2ccc(N(C)C)cc2)no1. The lowest BCUT2D eigenvalue weighted by Crippen LogP contribution is -2.28. The molecule has 0 aliphatic carbocycles. The molecule has 1 amide bonds. The molecule has 0 unspecified atom stereocenters. The van der Waals surface area contributed by atoms with Gasteiger partial charge in [-0.25, -0.2) is 0 Å². The molecule has 2 aromatic rings. The summed E-state index contributed by atoms with van der Waals surface area (Å²) in [5, 5.41) is 16.3. The number of carbonyl (C=O) groups is 1. The molecule has 0 saturated heterocycles. The second-order valence-electron chi connectivity index (χ2n) is 5.03.